The fourth-order valence-electron chi connectivity index (χ4n) is 1.23. The molecule has 5 N–H and O–H groups in total. The second kappa shape index (κ2) is 3.32. The summed E-state index contributed by atoms with van der Waals surface area (Å²) >= 11 is 0. The predicted molar refractivity (Wildman–Crippen MR) is 45.5 cm³/mol. The molecule has 1 heterocycles. The Hall–Kier alpha value is -1.39. The first-order valence-corrected chi connectivity index (χ1v) is 5.08. The SMILES string of the molecule is NC(=O)OCC1(N)CC(=O)N1S(=O)(=O)O. The summed E-state index contributed by atoms with van der Waals surface area (Å²) in [5.74, 6) is -0.881. The lowest BCUT2D eigenvalue weighted by Gasteiger charge is -2.45. The Morgan fingerprint density at radius 1 is 1.67 bits per heavy atom. The van der Waals surface area contributed by atoms with Crippen LogP contribution < -0.4 is 11.5 Å². The van der Waals surface area contributed by atoms with Crippen LogP contribution in [0.25, 0.3) is 0 Å². The Bertz CT molecular complexity index is 405. The molecule has 0 aromatic rings. The van der Waals surface area contributed by atoms with E-state index in [0.717, 1.165) is 0 Å². The van der Waals surface area contributed by atoms with Crippen molar-refractivity contribution in [3.63, 3.8) is 0 Å². The van der Waals surface area contributed by atoms with Gasteiger partial charge >= 0.3 is 16.4 Å². The number of ether oxygens (including phenoxy) is 1. The van der Waals surface area contributed by atoms with Gasteiger partial charge in [-0.2, -0.15) is 12.7 Å². The van der Waals surface area contributed by atoms with Crippen LogP contribution in [0, 0.1) is 0 Å². The van der Waals surface area contributed by atoms with Crippen LogP contribution in [0.1, 0.15) is 6.42 Å². The van der Waals surface area contributed by atoms with Crippen molar-refractivity contribution in [3.05, 3.63) is 0 Å². The van der Waals surface area contributed by atoms with Crippen molar-refractivity contribution in [2.75, 3.05) is 6.61 Å². The van der Waals surface area contributed by atoms with E-state index in [1.807, 2.05) is 0 Å². The van der Waals surface area contributed by atoms with Crippen molar-refractivity contribution in [1.29, 1.82) is 0 Å². The number of hydrogen-bond donors (Lipinski definition) is 3. The van der Waals surface area contributed by atoms with Gasteiger partial charge in [0.15, 0.2) is 5.66 Å². The minimum Gasteiger partial charge on any atom is -0.446 e. The quantitative estimate of drug-likeness (QED) is 0.372. The topological polar surface area (TPSA) is 153 Å². The van der Waals surface area contributed by atoms with E-state index in [4.69, 9.17) is 10.3 Å². The van der Waals surface area contributed by atoms with Gasteiger partial charge in [0, 0.05) is 0 Å². The van der Waals surface area contributed by atoms with Crippen molar-refractivity contribution in [2.24, 2.45) is 11.5 Å². The van der Waals surface area contributed by atoms with Gasteiger partial charge in [-0.25, -0.2) is 4.79 Å². The highest BCUT2D eigenvalue weighted by Gasteiger charge is 2.55. The second-order valence-electron chi connectivity index (χ2n) is 3.02. The Balaban J connectivity index is 2.79. The van der Waals surface area contributed by atoms with Gasteiger partial charge in [0.2, 0.25) is 5.91 Å². The molecule has 0 aromatic heterocycles. The van der Waals surface area contributed by atoms with Crippen LogP contribution in [-0.2, 0) is 19.8 Å². The molecule has 1 aliphatic heterocycles. The normalized spacial score (nSPS) is 26.0. The van der Waals surface area contributed by atoms with Crippen LogP contribution >= 0.6 is 0 Å². The minimum atomic E-state index is -4.74. The standard InChI is InChI=1S/C5H9N3O6S/c6-4(10)14-2-5(7)1-3(9)8(5)15(11,12)13/h1-2,7H2,(H2,6,10)(H,11,12,13). The van der Waals surface area contributed by atoms with E-state index in [1.54, 1.807) is 0 Å². The van der Waals surface area contributed by atoms with Crippen molar-refractivity contribution >= 4 is 22.3 Å². The maximum atomic E-state index is 10.9. The first-order chi connectivity index (χ1) is 6.67. The number of amides is 2. The van der Waals surface area contributed by atoms with Crippen LogP contribution in [0.5, 0.6) is 0 Å². The van der Waals surface area contributed by atoms with E-state index in [2.05, 4.69) is 10.5 Å². The summed E-state index contributed by atoms with van der Waals surface area (Å²) < 4.78 is 34.3. The number of carbonyl (C=O) groups excluding carboxylic acids is 2. The summed E-state index contributed by atoms with van der Waals surface area (Å²) in [4.78, 5) is 21.1. The lowest BCUT2D eigenvalue weighted by atomic mass is 10.00. The highest BCUT2D eigenvalue weighted by Crippen LogP contribution is 2.29. The molecule has 15 heavy (non-hydrogen) atoms. The van der Waals surface area contributed by atoms with E-state index < -0.39 is 34.6 Å². The maximum Gasteiger partial charge on any atom is 0.404 e. The van der Waals surface area contributed by atoms with Gasteiger partial charge in [0.05, 0.1) is 6.42 Å². The third-order valence-corrected chi connectivity index (χ3v) is 2.81. The molecule has 10 heteroatoms. The molecule has 0 saturated carbocycles. The minimum absolute atomic E-state index is 0.0446. The number of nitrogens with two attached hydrogens (primary N) is 2. The summed E-state index contributed by atoms with van der Waals surface area (Å²) in [6.07, 6.45) is -1.52. The number of hydrogen-bond acceptors (Lipinski definition) is 6. The molecular formula is C5H9N3O6S. The zero-order valence-corrected chi connectivity index (χ0v) is 8.23. The van der Waals surface area contributed by atoms with Crippen LogP contribution in [0.2, 0.25) is 0 Å². The van der Waals surface area contributed by atoms with Crippen molar-refractivity contribution in [1.82, 2.24) is 4.31 Å². The zero-order valence-electron chi connectivity index (χ0n) is 7.41. The second-order valence-corrected chi connectivity index (χ2v) is 4.28. The molecule has 1 atom stereocenters. The summed E-state index contributed by atoms with van der Waals surface area (Å²) in [6, 6.07) is 0. The largest absolute Gasteiger partial charge is 0.446 e. The molecule has 1 fully saturated rings. The van der Waals surface area contributed by atoms with E-state index in [0.29, 0.717) is 0 Å². The summed E-state index contributed by atoms with van der Waals surface area (Å²) in [7, 11) is -4.74. The summed E-state index contributed by atoms with van der Waals surface area (Å²) in [5.41, 5.74) is 8.29. The average Bonchev–Trinajstić information content (AvgIpc) is 1.96. The third-order valence-electron chi connectivity index (χ3n) is 1.78. The molecule has 0 spiro atoms. The van der Waals surface area contributed by atoms with E-state index >= 15 is 0 Å². The van der Waals surface area contributed by atoms with E-state index in [1.165, 1.54) is 0 Å². The van der Waals surface area contributed by atoms with Crippen LogP contribution in [-0.4, -0.2) is 41.5 Å². The van der Waals surface area contributed by atoms with Crippen LogP contribution in [0.3, 0.4) is 0 Å². The van der Waals surface area contributed by atoms with Gasteiger partial charge in [-0.15, -0.1) is 0 Å². The van der Waals surface area contributed by atoms with Gasteiger partial charge in [-0.1, -0.05) is 0 Å². The Kier molecular flexibility index (Phi) is 2.59. The highest BCUT2D eigenvalue weighted by atomic mass is 32.2. The predicted octanol–water partition coefficient (Wildman–Crippen LogP) is -2.23. The Morgan fingerprint density at radius 3 is 2.53 bits per heavy atom. The van der Waals surface area contributed by atoms with Gasteiger partial charge in [0.1, 0.15) is 6.61 Å². The molecular weight excluding hydrogens is 230 g/mol. The van der Waals surface area contributed by atoms with Gasteiger partial charge in [-0.05, 0) is 0 Å². The summed E-state index contributed by atoms with van der Waals surface area (Å²) in [6.45, 7) is -0.603. The molecule has 9 nitrogen and oxygen atoms in total. The van der Waals surface area contributed by atoms with Crippen molar-refractivity contribution < 1.29 is 27.3 Å². The van der Waals surface area contributed by atoms with E-state index in [9.17, 15) is 18.0 Å². The third kappa shape index (κ3) is 2.16. The smallest absolute Gasteiger partial charge is 0.404 e. The lowest BCUT2D eigenvalue weighted by molar-refractivity contribution is -0.148. The van der Waals surface area contributed by atoms with Crippen molar-refractivity contribution in [3.8, 4) is 0 Å². The monoisotopic (exact) mass is 239 g/mol. The number of primary amides is 1. The number of carbonyl (C=O) groups is 2. The highest BCUT2D eigenvalue weighted by molar-refractivity contribution is 7.84. The van der Waals surface area contributed by atoms with Gasteiger partial charge < -0.3 is 16.2 Å². The molecule has 1 unspecified atom stereocenters. The van der Waals surface area contributed by atoms with Gasteiger partial charge in [-0.3, -0.25) is 9.35 Å². The molecule has 0 aliphatic carbocycles. The number of β-lactam (4-membered cyclic amide) rings is 1. The Labute approximate surface area is 84.8 Å². The Morgan fingerprint density at radius 2 is 2.20 bits per heavy atom. The lowest BCUT2D eigenvalue weighted by Crippen LogP contribution is -2.72. The molecule has 0 bridgehead atoms. The van der Waals surface area contributed by atoms with Crippen LogP contribution in [0.4, 0.5) is 4.79 Å². The zero-order chi connectivity index (χ0) is 11.9. The molecule has 1 aliphatic rings. The van der Waals surface area contributed by atoms with Crippen molar-refractivity contribution in [2.45, 2.75) is 12.1 Å². The maximum absolute atomic E-state index is 10.9. The summed E-state index contributed by atoms with van der Waals surface area (Å²) in [5, 5.41) is 0. The number of nitrogens with zero attached hydrogens (tertiary/aromatic N) is 1. The first kappa shape index (κ1) is 11.7. The first-order valence-electron chi connectivity index (χ1n) is 3.68. The average molecular weight is 239 g/mol. The number of rotatable bonds is 3. The molecule has 1 saturated heterocycles. The van der Waals surface area contributed by atoms with Gasteiger partial charge in [0.25, 0.3) is 0 Å². The van der Waals surface area contributed by atoms with E-state index in [-0.39, 0.29) is 10.7 Å². The fraction of sp³-hybridized carbons (Fsp3) is 0.600. The molecule has 1 rings (SSSR count). The molecule has 2 amide bonds. The van der Waals surface area contributed by atoms with Crippen LogP contribution in [0.15, 0.2) is 0 Å². The molecule has 0 radical (unpaired) electrons. The fourth-order valence-corrected chi connectivity index (χ4v) is 2.13. The molecule has 0 aromatic carbocycles. The molecule has 86 valence electrons.